The second-order valence-electron chi connectivity index (χ2n) is 3.88. The Bertz CT molecular complexity index is 476. The molecule has 6 heteroatoms. The summed E-state index contributed by atoms with van der Waals surface area (Å²) in [7, 11) is 3.05. The summed E-state index contributed by atoms with van der Waals surface area (Å²) in [6.45, 7) is 1.74. The maximum atomic E-state index is 12.1. The maximum absolute atomic E-state index is 12.1. The van der Waals surface area contributed by atoms with Gasteiger partial charge < -0.3 is 20.5 Å². The molecule has 0 radical (unpaired) electrons. The molecule has 0 bridgehead atoms. The highest BCUT2D eigenvalue weighted by Crippen LogP contribution is 2.26. The molecule has 1 aromatic rings. The Morgan fingerprint density at radius 3 is 2.61 bits per heavy atom. The van der Waals surface area contributed by atoms with Crippen LogP contribution in [0.1, 0.15) is 17.3 Å². The standard InChI is InChI=1S/C12H16N2O3S/c1-7(11(13)18)14(2)12(16)8-4-5-10(17-3)9(15)6-8/h4-7,15H,1-3H3,(H2,13,18). The number of rotatable bonds is 4. The average molecular weight is 268 g/mol. The van der Waals surface area contributed by atoms with Gasteiger partial charge in [-0.3, -0.25) is 4.79 Å². The van der Waals surface area contributed by atoms with E-state index in [1.54, 1.807) is 20.0 Å². The molecular formula is C12H16N2O3S. The lowest BCUT2D eigenvalue weighted by Gasteiger charge is -2.24. The number of ether oxygens (including phenoxy) is 1. The van der Waals surface area contributed by atoms with Gasteiger partial charge in [-0.1, -0.05) is 12.2 Å². The van der Waals surface area contributed by atoms with E-state index in [2.05, 4.69) is 0 Å². The zero-order chi connectivity index (χ0) is 13.9. The number of hydrogen-bond donors (Lipinski definition) is 2. The van der Waals surface area contributed by atoms with E-state index in [9.17, 15) is 9.90 Å². The van der Waals surface area contributed by atoms with Crippen molar-refractivity contribution < 1.29 is 14.6 Å². The first-order chi connectivity index (χ1) is 8.38. The van der Waals surface area contributed by atoms with Gasteiger partial charge in [-0.15, -0.1) is 0 Å². The molecule has 1 atom stereocenters. The van der Waals surface area contributed by atoms with Crippen LogP contribution in [0.2, 0.25) is 0 Å². The topological polar surface area (TPSA) is 75.8 Å². The summed E-state index contributed by atoms with van der Waals surface area (Å²) in [4.78, 5) is 13.8. The minimum Gasteiger partial charge on any atom is -0.504 e. The third kappa shape index (κ3) is 2.89. The van der Waals surface area contributed by atoms with Crippen LogP contribution in [0.4, 0.5) is 0 Å². The van der Waals surface area contributed by atoms with Gasteiger partial charge in [0.25, 0.3) is 5.91 Å². The number of carbonyl (C=O) groups excluding carboxylic acids is 1. The van der Waals surface area contributed by atoms with E-state index < -0.39 is 0 Å². The van der Waals surface area contributed by atoms with Crippen LogP contribution in [0, 0.1) is 0 Å². The molecule has 3 N–H and O–H groups in total. The Labute approximate surface area is 111 Å². The van der Waals surface area contributed by atoms with E-state index in [0.29, 0.717) is 11.3 Å². The average Bonchev–Trinajstić information content (AvgIpc) is 2.35. The number of thiocarbonyl (C=S) groups is 1. The molecule has 98 valence electrons. The molecule has 1 aromatic carbocycles. The van der Waals surface area contributed by atoms with E-state index in [0.717, 1.165) is 0 Å². The van der Waals surface area contributed by atoms with Gasteiger partial charge in [-0.2, -0.15) is 0 Å². The third-order valence-corrected chi connectivity index (χ3v) is 3.08. The van der Waals surface area contributed by atoms with Gasteiger partial charge in [0.05, 0.1) is 18.1 Å². The van der Waals surface area contributed by atoms with Gasteiger partial charge in [0, 0.05) is 12.6 Å². The number of hydrogen-bond acceptors (Lipinski definition) is 4. The lowest BCUT2D eigenvalue weighted by molar-refractivity contribution is 0.0778. The summed E-state index contributed by atoms with van der Waals surface area (Å²) in [5.74, 6) is -0.0374. The van der Waals surface area contributed by atoms with Crippen molar-refractivity contribution in [1.29, 1.82) is 0 Å². The molecule has 0 aliphatic heterocycles. The molecule has 0 saturated carbocycles. The number of aromatic hydroxyl groups is 1. The highest BCUT2D eigenvalue weighted by molar-refractivity contribution is 7.80. The molecule has 18 heavy (non-hydrogen) atoms. The molecule has 0 aliphatic carbocycles. The first-order valence-electron chi connectivity index (χ1n) is 5.32. The van der Waals surface area contributed by atoms with Crippen LogP contribution in [-0.4, -0.2) is 41.1 Å². The number of amides is 1. The van der Waals surface area contributed by atoms with Crippen LogP contribution in [0.3, 0.4) is 0 Å². The van der Waals surface area contributed by atoms with Gasteiger partial charge in [-0.05, 0) is 25.1 Å². The van der Waals surface area contributed by atoms with Crippen molar-refractivity contribution in [2.75, 3.05) is 14.2 Å². The Kier molecular flexibility index (Phi) is 4.49. The lowest BCUT2D eigenvalue weighted by Crippen LogP contribution is -2.42. The van der Waals surface area contributed by atoms with Gasteiger partial charge in [0.15, 0.2) is 11.5 Å². The fourth-order valence-corrected chi connectivity index (χ4v) is 1.55. The van der Waals surface area contributed by atoms with Crippen LogP contribution >= 0.6 is 12.2 Å². The predicted molar refractivity (Wildman–Crippen MR) is 73.0 cm³/mol. The van der Waals surface area contributed by atoms with Crippen LogP contribution in [-0.2, 0) is 0 Å². The Balaban J connectivity index is 2.97. The number of nitrogens with two attached hydrogens (primary N) is 1. The van der Waals surface area contributed by atoms with E-state index in [4.69, 9.17) is 22.7 Å². The molecule has 1 rings (SSSR count). The van der Waals surface area contributed by atoms with Crippen LogP contribution < -0.4 is 10.5 Å². The quantitative estimate of drug-likeness (QED) is 0.801. The summed E-state index contributed by atoms with van der Waals surface area (Å²) in [6.07, 6.45) is 0. The molecule has 0 fully saturated rings. The monoisotopic (exact) mass is 268 g/mol. The summed E-state index contributed by atoms with van der Waals surface area (Å²) in [5, 5.41) is 9.62. The minimum atomic E-state index is -0.350. The molecule has 0 saturated heterocycles. The van der Waals surface area contributed by atoms with Crippen LogP contribution in [0.15, 0.2) is 18.2 Å². The fourth-order valence-electron chi connectivity index (χ4n) is 1.39. The Morgan fingerprint density at radius 2 is 2.17 bits per heavy atom. The Morgan fingerprint density at radius 1 is 1.56 bits per heavy atom. The van der Waals surface area contributed by atoms with Crippen molar-refractivity contribution in [3.63, 3.8) is 0 Å². The number of phenols is 1. The van der Waals surface area contributed by atoms with Gasteiger partial charge >= 0.3 is 0 Å². The molecular weight excluding hydrogens is 252 g/mol. The molecule has 1 amide bonds. The number of nitrogens with zero attached hydrogens (tertiary/aromatic N) is 1. The number of phenolic OH excluding ortho intramolecular Hbond substituents is 1. The first-order valence-corrected chi connectivity index (χ1v) is 5.72. The van der Waals surface area contributed by atoms with Gasteiger partial charge in [0.2, 0.25) is 0 Å². The number of methoxy groups -OCH3 is 1. The lowest BCUT2D eigenvalue weighted by atomic mass is 10.1. The second-order valence-corrected chi connectivity index (χ2v) is 4.35. The van der Waals surface area contributed by atoms with E-state index >= 15 is 0 Å². The van der Waals surface area contributed by atoms with Crippen molar-refractivity contribution in [3.05, 3.63) is 23.8 Å². The predicted octanol–water partition coefficient (Wildman–Crippen LogP) is 1.15. The molecule has 0 aliphatic rings. The van der Waals surface area contributed by atoms with E-state index in [-0.39, 0.29) is 22.7 Å². The van der Waals surface area contributed by atoms with Crippen molar-refractivity contribution in [1.82, 2.24) is 4.90 Å². The maximum Gasteiger partial charge on any atom is 0.254 e. The molecule has 0 spiro atoms. The van der Waals surface area contributed by atoms with Crippen molar-refractivity contribution in [2.24, 2.45) is 5.73 Å². The minimum absolute atomic E-state index is 0.0836. The number of benzene rings is 1. The van der Waals surface area contributed by atoms with E-state index in [1.807, 2.05) is 0 Å². The number of likely N-dealkylation sites (N-methyl/N-ethyl adjacent to an activating group) is 1. The highest BCUT2D eigenvalue weighted by atomic mass is 32.1. The summed E-state index contributed by atoms with van der Waals surface area (Å²) in [5.41, 5.74) is 5.84. The number of carbonyl (C=O) groups is 1. The largest absolute Gasteiger partial charge is 0.504 e. The second kappa shape index (κ2) is 5.68. The van der Waals surface area contributed by atoms with Crippen molar-refractivity contribution in [3.8, 4) is 11.5 Å². The first kappa shape index (κ1) is 14.2. The SMILES string of the molecule is COc1ccc(C(=O)N(C)C(C)C(N)=S)cc1O. The molecule has 0 heterocycles. The molecule has 5 nitrogen and oxygen atoms in total. The zero-order valence-electron chi connectivity index (χ0n) is 10.5. The van der Waals surface area contributed by atoms with Gasteiger partial charge in [0.1, 0.15) is 0 Å². The summed E-state index contributed by atoms with van der Waals surface area (Å²) < 4.78 is 4.91. The smallest absolute Gasteiger partial charge is 0.254 e. The van der Waals surface area contributed by atoms with Crippen LogP contribution in [0.25, 0.3) is 0 Å². The molecule has 1 unspecified atom stereocenters. The molecule has 0 aromatic heterocycles. The van der Waals surface area contributed by atoms with Crippen LogP contribution in [0.5, 0.6) is 11.5 Å². The zero-order valence-corrected chi connectivity index (χ0v) is 11.3. The van der Waals surface area contributed by atoms with E-state index in [1.165, 1.54) is 24.1 Å². The summed E-state index contributed by atoms with van der Waals surface area (Å²) in [6, 6.07) is 4.10. The fraction of sp³-hybridized carbons (Fsp3) is 0.333. The third-order valence-electron chi connectivity index (χ3n) is 2.74. The van der Waals surface area contributed by atoms with Crippen molar-refractivity contribution >= 4 is 23.1 Å². The Hall–Kier alpha value is -1.82. The summed E-state index contributed by atoms with van der Waals surface area (Å²) >= 11 is 4.84. The normalized spacial score (nSPS) is 11.7. The van der Waals surface area contributed by atoms with Gasteiger partial charge in [-0.25, -0.2) is 0 Å². The highest BCUT2D eigenvalue weighted by Gasteiger charge is 2.20. The van der Waals surface area contributed by atoms with Crippen molar-refractivity contribution in [2.45, 2.75) is 13.0 Å².